The average Bonchev–Trinajstić information content (AvgIpc) is 2.45. The Morgan fingerprint density at radius 2 is 1.88 bits per heavy atom. The van der Waals surface area contributed by atoms with Gasteiger partial charge in [0.05, 0.1) is 11.3 Å². The maximum Gasteiger partial charge on any atom is 0.449 e. The van der Waals surface area contributed by atoms with Gasteiger partial charge < -0.3 is 15.2 Å². The minimum atomic E-state index is -4.69. The number of H-pyrrole nitrogens is 1. The summed E-state index contributed by atoms with van der Waals surface area (Å²) < 4.78 is 38.1. The number of nitrogens with one attached hydrogen (secondary N) is 1. The number of alkyl halides is 3. The van der Waals surface area contributed by atoms with Gasteiger partial charge in [-0.25, -0.2) is 4.98 Å². The molecule has 24 heavy (non-hydrogen) atoms. The van der Waals surface area contributed by atoms with Crippen LogP contribution in [-0.4, -0.2) is 31.6 Å². The summed E-state index contributed by atoms with van der Waals surface area (Å²) in [6.45, 7) is 0.894. The molecule has 0 saturated carbocycles. The zero-order valence-electron chi connectivity index (χ0n) is 12.4. The molecule has 3 N–H and O–H groups in total. The summed E-state index contributed by atoms with van der Waals surface area (Å²) in [7, 11) is 0. The zero-order chi connectivity index (χ0) is 17.5. The van der Waals surface area contributed by atoms with Crippen molar-refractivity contribution < 1.29 is 23.4 Å². The number of aromatic hydroxyl groups is 2. The third-order valence-electron chi connectivity index (χ3n) is 3.78. The highest BCUT2D eigenvalue weighted by Gasteiger charge is 2.35. The Morgan fingerprint density at radius 3 is 2.50 bits per heavy atom. The molecular formula is C15H14F3N3O3. The van der Waals surface area contributed by atoms with Gasteiger partial charge in [-0.15, -0.1) is 0 Å². The lowest BCUT2D eigenvalue weighted by atomic mass is 10.1. The summed E-state index contributed by atoms with van der Waals surface area (Å²) >= 11 is 0. The van der Waals surface area contributed by atoms with Crippen LogP contribution in [0.3, 0.4) is 0 Å². The predicted octanol–water partition coefficient (Wildman–Crippen LogP) is 1.76. The van der Waals surface area contributed by atoms with Gasteiger partial charge in [-0.3, -0.25) is 9.69 Å². The number of phenols is 2. The molecule has 6 nitrogen and oxygen atoms in total. The fourth-order valence-corrected chi connectivity index (χ4v) is 2.76. The topological polar surface area (TPSA) is 89.5 Å². The number of hydrogen-bond acceptors (Lipinski definition) is 5. The Morgan fingerprint density at radius 1 is 1.21 bits per heavy atom. The van der Waals surface area contributed by atoms with E-state index in [9.17, 15) is 28.2 Å². The van der Waals surface area contributed by atoms with E-state index in [-0.39, 0.29) is 35.7 Å². The van der Waals surface area contributed by atoms with Crippen molar-refractivity contribution in [2.24, 2.45) is 0 Å². The van der Waals surface area contributed by atoms with Crippen molar-refractivity contribution in [3.63, 3.8) is 0 Å². The van der Waals surface area contributed by atoms with Gasteiger partial charge in [0.1, 0.15) is 11.5 Å². The molecule has 0 saturated heterocycles. The molecule has 9 heteroatoms. The van der Waals surface area contributed by atoms with E-state index in [0.717, 1.165) is 0 Å². The minimum Gasteiger partial charge on any atom is -0.508 e. The minimum absolute atomic E-state index is 0.0863. The zero-order valence-corrected chi connectivity index (χ0v) is 12.4. The van der Waals surface area contributed by atoms with Crippen molar-refractivity contribution in [1.29, 1.82) is 0 Å². The quantitative estimate of drug-likeness (QED) is 0.774. The molecule has 0 unspecified atom stereocenters. The van der Waals surface area contributed by atoms with Gasteiger partial charge in [0.15, 0.2) is 0 Å². The number of fused-ring (bicyclic) bond motifs is 1. The van der Waals surface area contributed by atoms with Crippen molar-refractivity contribution in [2.75, 3.05) is 6.54 Å². The maximum atomic E-state index is 12.7. The summed E-state index contributed by atoms with van der Waals surface area (Å²) in [5.74, 6) is -1.45. The van der Waals surface area contributed by atoms with Gasteiger partial charge in [0, 0.05) is 32.1 Å². The van der Waals surface area contributed by atoms with Crippen molar-refractivity contribution >= 4 is 0 Å². The number of rotatable bonds is 2. The Kier molecular flexibility index (Phi) is 3.96. The molecule has 0 bridgehead atoms. The molecule has 2 aromatic rings. The fraction of sp³-hybridized carbons (Fsp3) is 0.333. The molecule has 0 atom stereocenters. The largest absolute Gasteiger partial charge is 0.508 e. The number of benzene rings is 1. The SMILES string of the molecule is O=c1[nH]c(C(F)(F)F)nc2c1CN(Cc1cc(O)cc(O)c1)CC2. The van der Waals surface area contributed by atoms with Crippen molar-refractivity contribution in [2.45, 2.75) is 25.7 Å². The number of hydrogen-bond donors (Lipinski definition) is 3. The third-order valence-corrected chi connectivity index (χ3v) is 3.78. The average molecular weight is 341 g/mol. The summed E-state index contributed by atoms with van der Waals surface area (Å²) in [5.41, 5.74) is 0.197. The molecule has 0 aliphatic carbocycles. The van der Waals surface area contributed by atoms with Gasteiger partial charge in [-0.1, -0.05) is 0 Å². The molecule has 128 valence electrons. The number of halogens is 3. The maximum absolute atomic E-state index is 12.7. The molecule has 1 aliphatic heterocycles. The first-order valence-corrected chi connectivity index (χ1v) is 7.16. The Balaban J connectivity index is 1.83. The van der Waals surface area contributed by atoms with E-state index in [0.29, 0.717) is 18.7 Å². The lowest BCUT2D eigenvalue weighted by molar-refractivity contribution is -0.145. The van der Waals surface area contributed by atoms with Crippen molar-refractivity contribution in [3.05, 3.63) is 51.2 Å². The van der Waals surface area contributed by atoms with E-state index >= 15 is 0 Å². The van der Waals surface area contributed by atoms with Crippen molar-refractivity contribution in [3.8, 4) is 11.5 Å². The molecule has 0 amide bonds. The van der Waals surface area contributed by atoms with E-state index in [1.165, 1.54) is 18.2 Å². The van der Waals surface area contributed by atoms with E-state index in [1.54, 1.807) is 4.98 Å². The van der Waals surface area contributed by atoms with Crippen LogP contribution in [0.2, 0.25) is 0 Å². The lowest BCUT2D eigenvalue weighted by Crippen LogP contribution is -2.36. The second-order valence-corrected chi connectivity index (χ2v) is 5.66. The summed E-state index contributed by atoms with van der Waals surface area (Å²) in [6.07, 6.45) is -4.47. The second kappa shape index (κ2) is 5.82. The van der Waals surface area contributed by atoms with Crippen LogP contribution in [-0.2, 0) is 25.7 Å². The molecule has 1 aromatic heterocycles. The van der Waals surface area contributed by atoms with Crippen LogP contribution in [0.25, 0.3) is 0 Å². The number of aromatic amines is 1. The second-order valence-electron chi connectivity index (χ2n) is 5.66. The van der Waals surface area contributed by atoms with Gasteiger partial charge in [0.2, 0.25) is 5.82 Å². The summed E-state index contributed by atoms with van der Waals surface area (Å²) in [6, 6.07) is 4.15. The summed E-state index contributed by atoms with van der Waals surface area (Å²) in [5, 5.41) is 19.0. The van der Waals surface area contributed by atoms with E-state index in [4.69, 9.17) is 0 Å². The molecule has 1 aromatic carbocycles. The fourth-order valence-electron chi connectivity index (χ4n) is 2.76. The summed E-state index contributed by atoms with van der Waals surface area (Å²) in [4.78, 5) is 19.1. The Hall–Kier alpha value is -2.55. The first kappa shape index (κ1) is 16.3. The van der Waals surface area contributed by atoms with Crippen LogP contribution in [0.4, 0.5) is 13.2 Å². The van der Waals surface area contributed by atoms with Gasteiger partial charge >= 0.3 is 6.18 Å². The van der Waals surface area contributed by atoms with Crippen LogP contribution in [0.1, 0.15) is 22.6 Å². The highest BCUT2D eigenvalue weighted by molar-refractivity contribution is 5.36. The molecule has 0 fully saturated rings. The Bertz CT molecular complexity index is 813. The molecule has 2 heterocycles. The van der Waals surface area contributed by atoms with Gasteiger partial charge in [-0.05, 0) is 17.7 Å². The molecular weight excluding hydrogens is 327 g/mol. The van der Waals surface area contributed by atoms with Crippen LogP contribution in [0.5, 0.6) is 11.5 Å². The standard InChI is InChI=1S/C15H14F3N3O3/c16-15(17,18)14-19-12-1-2-21(7-11(12)13(24)20-14)6-8-3-9(22)5-10(23)4-8/h3-5,22-23H,1-2,6-7H2,(H,19,20,24). The number of aromatic nitrogens is 2. The highest BCUT2D eigenvalue weighted by atomic mass is 19.4. The first-order valence-electron chi connectivity index (χ1n) is 7.16. The Labute approximate surface area is 134 Å². The van der Waals surface area contributed by atoms with Crippen LogP contribution < -0.4 is 5.56 Å². The van der Waals surface area contributed by atoms with Crippen LogP contribution in [0.15, 0.2) is 23.0 Å². The molecule has 0 radical (unpaired) electrons. The van der Waals surface area contributed by atoms with Crippen LogP contribution in [0, 0.1) is 0 Å². The van der Waals surface area contributed by atoms with E-state index < -0.39 is 17.6 Å². The first-order chi connectivity index (χ1) is 11.2. The van der Waals surface area contributed by atoms with Crippen molar-refractivity contribution in [1.82, 2.24) is 14.9 Å². The number of phenolic OH excluding ortho intramolecular Hbond substituents is 2. The lowest BCUT2D eigenvalue weighted by Gasteiger charge is -2.27. The third kappa shape index (κ3) is 3.35. The normalized spacial score (nSPS) is 15.3. The van der Waals surface area contributed by atoms with Gasteiger partial charge in [-0.2, -0.15) is 13.2 Å². The smallest absolute Gasteiger partial charge is 0.449 e. The predicted molar refractivity (Wildman–Crippen MR) is 77.4 cm³/mol. The van der Waals surface area contributed by atoms with E-state index in [1.807, 2.05) is 4.90 Å². The monoisotopic (exact) mass is 341 g/mol. The number of nitrogens with zero attached hydrogens (tertiary/aromatic N) is 2. The van der Waals surface area contributed by atoms with Crippen LogP contribution >= 0.6 is 0 Å². The molecule has 0 spiro atoms. The van der Waals surface area contributed by atoms with E-state index in [2.05, 4.69) is 4.98 Å². The van der Waals surface area contributed by atoms with Gasteiger partial charge in [0.25, 0.3) is 5.56 Å². The molecule has 1 aliphatic rings. The highest BCUT2D eigenvalue weighted by Crippen LogP contribution is 2.27. The molecule has 3 rings (SSSR count).